The summed E-state index contributed by atoms with van der Waals surface area (Å²) in [6.07, 6.45) is -0.361. The van der Waals surface area contributed by atoms with E-state index in [0.29, 0.717) is 13.2 Å². The van der Waals surface area contributed by atoms with Gasteiger partial charge in [-0.1, -0.05) is 6.07 Å². The highest BCUT2D eigenvalue weighted by Crippen LogP contribution is 2.14. The smallest absolute Gasteiger partial charge is 0.270 e. The molecule has 1 aromatic heterocycles. The summed E-state index contributed by atoms with van der Waals surface area (Å²) in [5, 5.41) is 9.07. The molecule has 0 saturated carbocycles. The number of hydrogen-bond donors (Lipinski definition) is 2. The fourth-order valence-electron chi connectivity index (χ4n) is 1.94. The van der Waals surface area contributed by atoms with Gasteiger partial charge in [0.05, 0.1) is 25.4 Å². The van der Waals surface area contributed by atoms with Gasteiger partial charge < -0.3 is 19.7 Å². The number of pyridine rings is 1. The van der Waals surface area contributed by atoms with Gasteiger partial charge in [-0.15, -0.1) is 0 Å². The molecule has 6 nitrogen and oxygen atoms in total. The molecule has 6 heteroatoms. The van der Waals surface area contributed by atoms with Gasteiger partial charge in [0.1, 0.15) is 5.69 Å². The zero-order chi connectivity index (χ0) is 13.1. The summed E-state index contributed by atoms with van der Waals surface area (Å²) in [6, 6.07) is 4.39. The Kier molecular flexibility index (Phi) is 3.78. The summed E-state index contributed by atoms with van der Waals surface area (Å²) < 4.78 is 5.36. The molecule has 1 saturated heterocycles. The Balaban J connectivity index is 2.19. The Hall–Kier alpha value is -1.66. The number of amides is 1. The molecule has 1 aromatic rings. The van der Waals surface area contributed by atoms with Crippen molar-refractivity contribution in [1.29, 1.82) is 0 Å². The van der Waals surface area contributed by atoms with E-state index in [2.05, 4.69) is 4.98 Å². The molecule has 1 aliphatic rings. The SMILES string of the molecule is CC1COC(CO)CN1C(=O)c1cccc(=O)[nH]1. The van der Waals surface area contributed by atoms with Gasteiger partial charge in [-0.05, 0) is 13.0 Å². The van der Waals surface area contributed by atoms with Crippen LogP contribution in [0.3, 0.4) is 0 Å². The van der Waals surface area contributed by atoms with Crippen LogP contribution in [-0.2, 0) is 4.74 Å². The Morgan fingerprint density at radius 3 is 3.06 bits per heavy atom. The van der Waals surface area contributed by atoms with Gasteiger partial charge in [-0.25, -0.2) is 0 Å². The first kappa shape index (κ1) is 12.8. The minimum Gasteiger partial charge on any atom is -0.394 e. The number of carbonyl (C=O) groups excluding carboxylic acids is 1. The highest BCUT2D eigenvalue weighted by Gasteiger charge is 2.30. The first-order valence-corrected chi connectivity index (χ1v) is 5.84. The van der Waals surface area contributed by atoms with Crippen molar-refractivity contribution < 1.29 is 14.6 Å². The highest BCUT2D eigenvalue weighted by molar-refractivity contribution is 5.92. The summed E-state index contributed by atoms with van der Waals surface area (Å²) in [5.41, 5.74) is -0.0478. The first-order chi connectivity index (χ1) is 8.61. The monoisotopic (exact) mass is 252 g/mol. The number of morpholine rings is 1. The second-order valence-electron chi connectivity index (χ2n) is 4.37. The molecule has 0 aliphatic carbocycles. The minimum atomic E-state index is -0.361. The fraction of sp³-hybridized carbons (Fsp3) is 0.500. The van der Waals surface area contributed by atoms with Crippen LogP contribution in [-0.4, -0.2) is 52.8 Å². The van der Waals surface area contributed by atoms with Crippen LogP contribution in [0.4, 0.5) is 0 Å². The van der Waals surface area contributed by atoms with Crippen molar-refractivity contribution in [3.05, 3.63) is 34.2 Å². The number of aromatic nitrogens is 1. The van der Waals surface area contributed by atoms with E-state index in [1.54, 1.807) is 17.0 Å². The number of hydrogen-bond acceptors (Lipinski definition) is 4. The third-order valence-electron chi connectivity index (χ3n) is 2.97. The van der Waals surface area contributed by atoms with Gasteiger partial charge in [-0.2, -0.15) is 0 Å². The molecule has 98 valence electrons. The molecule has 2 unspecified atom stereocenters. The number of nitrogens with one attached hydrogen (secondary N) is 1. The lowest BCUT2D eigenvalue weighted by molar-refractivity contribution is -0.0668. The van der Waals surface area contributed by atoms with Gasteiger partial charge in [0.25, 0.3) is 5.91 Å². The van der Waals surface area contributed by atoms with Crippen LogP contribution in [0.25, 0.3) is 0 Å². The number of nitrogens with zero attached hydrogens (tertiary/aromatic N) is 1. The lowest BCUT2D eigenvalue weighted by Crippen LogP contribution is -2.52. The normalized spacial score (nSPS) is 24.0. The third-order valence-corrected chi connectivity index (χ3v) is 2.97. The summed E-state index contributed by atoms with van der Waals surface area (Å²) in [7, 11) is 0. The Labute approximate surface area is 104 Å². The molecule has 2 rings (SSSR count). The van der Waals surface area contributed by atoms with Crippen molar-refractivity contribution in [2.24, 2.45) is 0 Å². The van der Waals surface area contributed by atoms with E-state index in [1.807, 2.05) is 6.92 Å². The second-order valence-corrected chi connectivity index (χ2v) is 4.37. The van der Waals surface area contributed by atoms with Crippen LogP contribution in [0.2, 0.25) is 0 Å². The van der Waals surface area contributed by atoms with E-state index in [1.165, 1.54) is 6.07 Å². The summed E-state index contributed by atoms with van der Waals surface area (Å²) in [4.78, 5) is 27.5. The molecule has 0 bridgehead atoms. The molecule has 2 heterocycles. The topological polar surface area (TPSA) is 82.6 Å². The van der Waals surface area contributed by atoms with Crippen molar-refractivity contribution in [1.82, 2.24) is 9.88 Å². The Morgan fingerprint density at radius 1 is 1.61 bits per heavy atom. The standard InChI is InChI=1S/C12H16N2O4/c1-8-7-18-9(6-15)5-14(8)12(17)10-3-2-4-11(16)13-10/h2-4,8-9,15H,5-7H2,1H3,(H,13,16). The molecule has 1 fully saturated rings. The molecule has 1 aliphatic heterocycles. The predicted octanol–water partition coefficient (Wildman–Crippen LogP) is -0.403. The van der Waals surface area contributed by atoms with E-state index in [4.69, 9.17) is 9.84 Å². The average Bonchev–Trinajstić information content (AvgIpc) is 2.38. The maximum atomic E-state index is 12.2. The Bertz CT molecular complexity index is 485. The molecule has 2 N–H and O–H groups in total. The minimum absolute atomic E-state index is 0.0796. The van der Waals surface area contributed by atoms with Crippen molar-refractivity contribution in [2.75, 3.05) is 19.8 Å². The number of aromatic amines is 1. The molecule has 18 heavy (non-hydrogen) atoms. The average molecular weight is 252 g/mol. The molecule has 0 radical (unpaired) electrons. The van der Waals surface area contributed by atoms with Gasteiger partial charge in [-0.3, -0.25) is 9.59 Å². The quantitative estimate of drug-likeness (QED) is 0.750. The van der Waals surface area contributed by atoms with E-state index in [0.717, 1.165) is 0 Å². The van der Waals surface area contributed by atoms with Crippen molar-refractivity contribution in [2.45, 2.75) is 19.1 Å². The maximum absolute atomic E-state index is 12.2. The lowest BCUT2D eigenvalue weighted by atomic mass is 10.1. The summed E-state index contributed by atoms with van der Waals surface area (Å²) in [6.45, 7) is 2.45. The van der Waals surface area contributed by atoms with Gasteiger partial charge >= 0.3 is 0 Å². The summed E-state index contributed by atoms with van der Waals surface area (Å²) >= 11 is 0. The van der Waals surface area contributed by atoms with Gasteiger partial charge in [0, 0.05) is 12.6 Å². The Morgan fingerprint density at radius 2 is 2.39 bits per heavy atom. The molecule has 2 atom stereocenters. The van der Waals surface area contributed by atoms with Crippen LogP contribution < -0.4 is 5.56 Å². The molecular formula is C12H16N2O4. The number of rotatable bonds is 2. The van der Waals surface area contributed by atoms with Crippen LogP contribution in [0.1, 0.15) is 17.4 Å². The van der Waals surface area contributed by atoms with Crippen LogP contribution in [0.15, 0.2) is 23.0 Å². The zero-order valence-corrected chi connectivity index (χ0v) is 10.1. The number of ether oxygens (including phenoxy) is 1. The maximum Gasteiger partial charge on any atom is 0.270 e. The van der Waals surface area contributed by atoms with Crippen LogP contribution >= 0.6 is 0 Å². The molecule has 0 aromatic carbocycles. The van der Waals surface area contributed by atoms with Gasteiger partial charge in [0.15, 0.2) is 0 Å². The first-order valence-electron chi connectivity index (χ1n) is 5.84. The van der Waals surface area contributed by atoms with E-state index < -0.39 is 0 Å². The largest absolute Gasteiger partial charge is 0.394 e. The molecule has 1 amide bonds. The third kappa shape index (κ3) is 2.60. The number of aliphatic hydroxyl groups excluding tert-OH is 1. The fourth-order valence-corrected chi connectivity index (χ4v) is 1.94. The second kappa shape index (κ2) is 5.32. The van der Waals surface area contributed by atoms with E-state index in [9.17, 15) is 9.59 Å². The van der Waals surface area contributed by atoms with Crippen molar-refractivity contribution in [3.63, 3.8) is 0 Å². The molecular weight excluding hydrogens is 236 g/mol. The number of carbonyl (C=O) groups is 1. The zero-order valence-electron chi connectivity index (χ0n) is 10.1. The van der Waals surface area contributed by atoms with E-state index in [-0.39, 0.29) is 35.9 Å². The van der Waals surface area contributed by atoms with Crippen LogP contribution in [0.5, 0.6) is 0 Å². The van der Waals surface area contributed by atoms with E-state index >= 15 is 0 Å². The lowest BCUT2D eigenvalue weighted by Gasteiger charge is -2.37. The van der Waals surface area contributed by atoms with Gasteiger partial charge in [0.2, 0.25) is 5.56 Å². The number of H-pyrrole nitrogens is 1. The number of aliphatic hydroxyl groups is 1. The van der Waals surface area contributed by atoms with Crippen molar-refractivity contribution in [3.8, 4) is 0 Å². The summed E-state index contributed by atoms with van der Waals surface area (Å²) in [5.74, 6) is -0.248. The highest BCUT2D eigenvalue weighted by atomic mass is 16.5. The molecule has 0 spiro atoms. The van der Waals surface area contributed by atoms with Crippen molar-refractivity contribution >= 4 is 5.91 Å². The van der Waals surface area contributed by atoms with Crippen LogP contribution in [0, 0.1) is 0 Å². The predicted molar refractivity (Wildman–Crippen MR) is 64.4 cm³/mol.